The molecule has 1 aliphatic rings. The van der Waals surface area contributed by atoms with E-state index in [0.717, 1.165) is 35.5 Å². The molecule has 210 valence electrons. The first-order valence-corrected chi connectivity index (χ1v) is 13.8. The third-order valence-corrected chi connectivity index (χ3v) is 7.25. The van der Waals surface area contributed by atoms with Crippen LogP contribution in [0.15, 0.2) is 103 Å². The zero-order valence-corrected chi connectivity index (χ0v) is 23.1. The molecule has 0 aromatic heterocycles. The van der Waals surface area contributed by atoms with Crippen LogP contribution in [0.5, 0.6) is 0 Å². The lowest BCUT2D eigenvalue weighted by Gasteiger charge is -2.32. The van der Waals surface area contributed by atoms with Gasteiger partial charge in [0.2, 0.25) is 5.91 Å². The van der Waals surface area contributed by atoms with Crippen LogP contribution < -0.4 is 10.2 Å². The number of rotatable bonds is 9. The molecule has 1 fully saturated rings. The van der Waals surface area contributed by atoms with Crippen LogP contribution in [0.2, 0.25) is 0 Å². The van der Waals surface area contributed by atoms with E-state index in [0.29, 0.717) is 24.5 Å². The number of halogens is 1. The van der Waals surface area contributed by atoms with Gasteiger partial charge in [0, 0.05) is 31.0 Å². The first-order valence-electron chi connectivity index (χ1n) is 13.8. The number of benzene rings is 4. The summed E-state index contributed by atoms with van der Waals surface area (Å²) in [5, 5.41) is 3.04. The highest BCUT2D eigenvalue weighted by molar-refractivity contribution is 5.98. The van der Waals surface area contributed by atoms with E-state index < -0.39 is 6.04 Å². The van der Waals surface area contributed by atoms with Crippen LogP contribution in [0.25, 0.3) is 0 Å². The number of ether oxygens (including phenoxy) is 1. The molecule has 5 rings (SSSR count). The van der Waals surface area contributed by atoms with Crippen molar-refractivity contribution >= 4 is 23.2 Å². The first-order chi connectivity index (χ1) is 20.0. The van der Waals surface area contributed by atoms with Gasteiger partial charge in [-0.1, -0.05) is 72.3 Å². The zero-order valence-electron chi connectivity index (χ0n) is 23.1. The van der Waals surface area contributed by atoms with E-state index in [4.69, 9.17) is 4.74 Å². The second-order valence-electron chi connectivity index (χ2n) is 10.3. The van der Waals surface area contributed by atoms with Gasteiger partial charge in [-0.15, -0.1) is 0 Å². The van der Waals surface area contributed by atoms with Crippen LogP contribution in [-0.2, 0) is 27.3 Å². The number of carbonyl (C=O) groups excluding carboxylic acids is 2. The Morgan fingerprint density at radius 1 is 0.854 bits per heavy atom. The molecule has 0 saturated carbocycles. The fourth-order valence-electron chi connectivity index (χ4n) is 4.99. The summed E-state index contributed by atoms with van der Waals surface area (Å²) in [6.07, 6.45) is 0.131. The summed E-state index contributed by atoms with van der Waals surface area (Å²) in [5.74, 6) is -0.885. The zero-order chi connectivity index (χ0) is 28.6. The van der Waals surface area contributed by atoms with E-state index in [2.05, 4.69) is 10.2 Å². The van der Waals surface area contributed by atoms with Gasteiger partial charge in [-0.25, -0.2) is 4.39 Å². The molecule has 1 unspecified atom stereocenters. The number of anilines is 2. The molecule has 0 bridgehead atoms. The average Bonchev–Trinajstić information content (AvgIpc) is 3.00. The Hall–Kier alpha value is -4.49. The van der Waals surface area contributed by atoms with E-state index in [-0.39, 0.29) is 30.6 Å². The van der Waals surface area contributed by atoms with Gasteiger partial charge in [0.25, 0.3) is 5.91 Å². The Balaban J connectivity index is 1.45. The maximum absolute atomic E-state index is 14.0. The van der Waals surface area contributed by atoms with Gasteiger partial charge in [0.1, 0.15) is 11.9 Å². The molecule has 1 heterocycles. The molecule has 2 amide bonds. The van der Waals surface area contributed by atoms with Crippen molar-refractivity contribution in [3.8, 4) is 0 Å². The predicted octanol–water partition coefficient (Wildman–Crippen LogP) is 5.92. The van der Waals surface area contributed by atoms with Crippen LogP contribution in [0, 0.1) is 12.7 Å². The van der Waals surface area contributed by atoms with Gasteiger partial charge >= 0.3 is 0 Å². The van der Waals surface area contributed by atoms with Crippen molar-refractivity contribution in [2.45, 2.75) is 25.9 Å². The van der Waals surface area contributed by atoms with Gasteiger partial charge in [-0.2, -0.15) is 0 Å². The molecule has 7 heteroatoms. The minimum Gasteiger partial charge on any atom is -0.378 e. The largest absolute Gasteiger partial charge is 0.378 e. The van der Waals surface area contributed by atoms with Crippen molar-refractivity contribution in [1.29, 1.82) is 0 Å². The third kappa shape index (κ3) is 7.38. The molecule has 1 N–H and O–H groups in total. The number of hydrogen-bond donors (Lipinski definition) is 1. The van der Waals surface area contributed by atoms with Crippen LogP contribution >= 0.6 is 0 Å². The lowest BCUT2D eigenvalue weighted by atomic mass is 10.00. The molecule has 1 aliphatic heterocycles. The number of morpholine rings is 1. The monoisotopic (exact) mass is 551 g/mol. The van der Waals surface area contributed by atoms with Gasteiger partial charge in [-0.3, -0.25) is 9.59 Å². The van der Waals surface area contributed by atoms with Crippen molar-refractivity contribution < 1.29 is 18.7 Å². The molecule has 0 radical (unpaired) electrons. The molecule has 4 aromatic carbocycles. The van der Waals surface area contributed by atoms with E-state index in [1.165, 1.54) is 12.1 Å². The van der Waals surface area contributed by atoms with Crippen molar-refractivity contribution in [1.82, 2.24) is 4.90 Å². The van der Waals surface area contributed by atoms with Gasteiger partial charge in [0.15, 0.2) is 0 Å². The number of hydrogen-bond acceptors (Lipinski definition) is 4. The highest BCUT2D eigenvalue weighted by atomic mass is 19.1. The minimum atomic E-state index is -0.907. The number of nitrogens with zero attached hydrogens (tertiary/aromatic N) is 2. The Labute approximate surface area is 240 Å². The van der Waals surface area contributed by atoms with Crippen LogP contribution in [0.3, 0.4) is 0 Å². The Kier molecular flexibility index (Phi) is 9.06. The molecular weight excluding hydrogens is 517 g/mol. The summed E-state index contributed by atoms with van der Waals surface area (Å²) in [7, 11) is 0. The molecule has 0 spiro atoms. The van der Waals surface area contributed by atoms with Gasteiger partial charge in [0.05, 0.1) is 19.6 Å². The standard InChI is InChI=1S/C34H34FN3O3/c1-25-7-11-28(12-8-25)33(34(40)36-30-15-17-31(18-16-30)37-19-21-41-22-20-37)38(24-27-9-13-29(35)14-10-27)32(39)23-26-5-3-2-4-6-26/h2-18,33H,19-24H2,1H3,(H,36,40). The third-order valence-electron chi connectivity index (χ3n) is 7.25. The smallest absolute Gasteiger partial charge is 0.251 e. The summed E-state index contributed by atoms with van der Waals surface area (Å²) in [6.45, 7) is 5.15. The fraction of sp³-hybridized carbons (Fsp3) is 0.235. The Morgan fingerprint density at radius 2 is 1.51 bits per heavy atom. The SMILES string of the molecule is Cc1ccc(C(C(=O)Nc2ccc(N3CCOCC3)cc2)N(Cc2ccc(F)cc2)C(=O)Cc2ccccc2)cc1. The lowest BCUT2D eigenvalue weighted by molar-refractivity contribution is -0.139. The lowest BCUT2D eigenvalue weighted by Crippen LogP contribution is -2.41. The van der Waals surface area contributed by atoms with E-state index >= 15 is 0 Å². The minimum absolute atomic E-state index is 0.131. The number of carbonyl (C=O) groups is 2. The van der Waals surface area contributed by atoms with Crippen molar-refractivity contribution in [2.75, 3.05) is 36.5 Å². The molecule has 6 nitrogen and oxygen atoms in total. The maximum atomic E-state index is 14.0. The van der Waals surface area contributed by atoms with Gasteiger partial charge < -0.3 is 19.9 Å². The topological polar surface area (TPSA) is 61.9 Å². The molecule has 1 atom stereocenters. The van der Waals surface area contributed by atoms with Crippen LogP contribution in [-0.4, -0.2) is 43.0 Å². The summed E-state index contributed by atoms with van der Waals surface area (Å²) < 4.78 is 19.1. The van der Waals surface area contributed by atoms with E-state index in [1.807, 2.05) is 85.8 Å². The summed E-state index contributed by atoms with van der Waals surface area (Å²) >= 11 is 0. The highest BCUT2D eigenvalue weighted by Crippen LogP contribution is 2.28. The van der Waals surface area contributed by atoms with Crippen LogP contribution in [0.4, 0.5) is 15.8 Å². The van der Waals surface area contributed by atoms with E-state index in [9.17, 15) is 14.0 Å². The summed E-state index contributed by atoms with van der Waals surface area (Å²) in [4.78, 5) is 31.8. The van der Waals surface area contributed by atoms with Crippen LogP contribution in [0.1, 0.15) is 28.3 Å². The predicted molar refractivity (Wildman–Crippen MR) is 159 cm³/mol. The summed E-state index contributed by atoms with van der Waals surface area (Å²) in [5.41, 5.74) is 5.03. The molecule has 4 aromatic rings. The molecule has 1 saturated heterocycles. The Bertz CT molecular complexity index is 1440. The quantitative estimate of drug-likeness (QED) is 0.281. The molecule has 41 heavy (non-hydrogen) atoms. The van der Waals surface area contributed by atoms with Crippen molar-refractivity contribution in [3.05, 3.63) is 131 Å². The number of nitrogens with one attached hydrogen (secondary N) is 1. The maximum Gasteiger partial charge on any atom is 0.251 e. The Morgan fingerprint density at radius 3 is 2.17 bits per heavy atom. The second kappa shape index (κ2) is 13.2. The summed E-state index contributed by atoms with van der Waals surface area (Å²) in [6, 6.07) is 29.9. The fourth-order valence-corrected chi connectivity index (χ4v) is 4.99. The highest BCUT2D eigenvalue weighted by Gasteiger charge is 2.32. The van der Waals surface area contributed by atoms with Crippen molar-refractivity contribution in [2.24, 2.45) is 0 Å². The first kappa shape index (κ1) is 28.1. The normalized spacial score (nSPS) is 13.9. The number of aryl methyl sites for hydroxylation is 1. The average molecular weight is 552 g/mol. The van der Waals surface area contributed by atoms with Crippen molar-refractivity contribution in [3.63, 3.8) is 0 Å². The molecule has 0 aliphatic carbocycles. The van der Waals surface area contributed by atoms with E-state index in [1.54, 1.807) is 17.0 Å². The molecular formula is C34H34FN3O3. The number of amides is 2. The second-order valence-corrected chi connectivity index (χ2v) is 10.3. The van der Waals surface area contributed by atoms with Gasteiger partial charge in [-0.05, 0) is 60.0 Å².